The van der Waals surface area contributed by atoms with Crippen molar-refractivity contribution in [1.82, 2.24) is 20.4 Å². The van der Waals surface area contributed by atoms with Crippen LogP contribution in [0.5, 0.6) is 5.75 Å². The lowest BCUT2D eigenvalue weighted by molar-refractivity contribution is -0.153. The molecule has 0 aromatic heterocycles. The lowest BCUT2D eigenvalue weighted by Gasteiger charge is -2.33. The Hall–Kier alpha value is -4.70. The molecule has 14 nitrogen and oxygen atoms in total. The van der Waals surface area contributed by atoms with E-state index in [0.717, 1.165) is 12.1 Å². The van der Waals surface area contributed by atoms with Gasteiger partial charge < -0.3 is 35.4 Å². The van der Waals surface area contributed by atoms with Crippen LogP contribution in [0.2, 0.25) is 5.02 Å². The molecule has 1 saturated heterocycles. The molecule has 0 aliphatic carbocycles. The molecule has 0 bridgehead atoms. The molecule has 0 spiro atoms. The minimum absolute atomic E-state index is 0.0252. The average Bonchev–Trinajstić information content (AvgIpc) is 2.94. The number of carbonyl (C=O) groups excluding carboxylic acids is 4. The number of hydrogen-bond acceptors (Lipinski definition) is 8. The number of fused-ring (bicyclic) bond motifs is 1. The van der Waals surface area contributed by atoms with E-state index in [1.165, 1.54) is 23.1 Å². The maximum Gasteiger partial charge on any atom is 0.547 e. The predicted octanol–water partition coefficient (Wildman–Crippen LogP) is 0.457. The number of likely N-dealkylation sites (N-methyl/N-ethyl adjacent to an activating group) is 1. The van der Waals surface area contributed by atoms with Crippen molar-refractivity contribution in [3.63, 3.8) is 0 Å². The highest BCUT2D eigenvalue weighted by Gasteiger charge is 2.41. The summed E-state index contributed by atoms with van der Waals surface area (Å²) in [6.07, 6.45) is -0.115. The Labute approximate surface area is 242 Å². The van der Waals surface area contributed by atoms with E-state index < -0.39 is 76.8 Å². The van der Waals surface area contributed by atoms with Gasteiger partial charge in [0.05, 0.1) is 22.1 Å². The molecule has 4 rings (SSSR count). The van der Waals surface area contributed by atoms with E-state index in [-0.39, 0.29) is 37.4 Å². The quantitative estimate of drug-likeness (QED) is 0.218. The Morgan fingerprint density at radius 3 is 2.43 bits per heavy atom. The number of amides is 5. The highest BCUT2D eigenvalue weighted by Crippen LogP contribution is 2.32. The Morgan fingerprint density at radius 2 is 1.79 bits per heavy atom. The molecule has 2 aromatic rings. The van der Waals surface area contributed by atoms with E-state index in [0.29, 0.717) is 10.5 Å². The largest absolute Gasteiger partial charge is 0.547 e. The first kappa shape index (κ1) is 30.3. The van der Waals surface area contributed by atoms with Gasteiger partial charge in [-0.05, 0) is 31.0 Å². The average molecular weight is 605 g/mol. The number of carboxylic acids is 2. The monoisotopic (exact) mass is 604 g/mol. The molecule has 0 radical (unpaired) electrons. The standard InChI is InChI=1S/C25H23BClFN4O10/c1-2-31-8-9-32(22(35)21(31)34)25(40)30-18(12-6-7-13(23(36)37)17(28)16(12)27)20(33)29-15-10-11-4-3-5-14(24(38)39)19(11)42-26(15)41/h3-7,15,18,41H,2,8-10H2,1H3,(H,29,33)(H,30,40)(H,36,37)(H,38,39)/t15-,18-/m0/s1. The first-order chi connectivity index (χ1) is 19.8. The number of piperazine rings is 1. The fraction of sp³-hybridized carbons (Fsp3) is 0.280. The Kier molecular flexibility index (Phi) is 8.68. The Bertz CT molecular complexity index is 1510. The second kappa shape index (κ2) is 12.0. The van der Waals surface area contributed by atoms with Crippen LogP contribution in [-0.4, -0.2) is 93.4 Å². The number of carbonyl (C=O) groups is 6. The molecule has 2 atom stereocenters. The number of aromatic carboxylic acids is 2. The normalized spacial score (nSPS) is 17.2. The molecule has 42 heavy (non-hydrogen) atoms. The van der Waals surface area contributed by atoms with Gasteiger partial charge in [-0.3, -0.25) is 19.3 Å². The van der Waals surface area contributed by atoms with Gasteiger partial charge in [0.25, 0.3) is 0 Å². The maximum absolute atomic E-state index is 14.8. The van der Waals surface area contributed by atoms with Gasteiger partial charge in [0.2, 0.25) is 5.91 Å². The van der Waals surface area contributed by atoms with Crippen molar-refractivity contribution >= 4 is 54.4 Å². The molecular weight excluding hydrogens is 582 g/mol. The zero-order chi connectivity index (χ0) is 30.9. The molecule has 17 heteroatoms. The Balaban J connectivity index is 1.64. The van der Waals surface area contributed by atoms with Crippen molar-refractivity contribution in [2.45, 2.75) is 25.3 Å². The molecule has 0 saturated carbocycles. The van der Waals surface area contributed by atoms with E-state index >= 15 is 0 Å². The number of halogens is 2. The van der Waals surface area contributed by atoms with Crippen LogP contribution in [0, 0.1) is 5.82 Å². The summed E-state index contributed by atoms with van der Waals surface area (Å²) in [5, 5.41) is 33.0. The molecular formula is C25H23BClFN4O10. The van der Waals surface area contributed by atoms with Gasteiger partial charge in [-0.15, -0.1) is 0 Å². The number of benzene rings is 2. The molecule has 2 aromatic carbocycles. The van der Waals surface area contributed by atoms with E-state index in [4.69, 9.17) is 16.3 Å². The smallest absolute Gasteiger partial charge is 0.534 e. The molecule has 2 aliphatic rings. The minimum atomic E-state index is -1.85. The summed E-state index contributed by atoms with van der Waals surface area (Å²) in [6.45, 7) is 1.68. The van der Waals surface area contributed by atoms with Crippen LogP contribution < -0.4 is 15.3 Å². The second-order valence-corrected chi connectivity index (χ2v) is 9.66. The number of nitrogens with one attached hydrogen (secondary N) is 2. The maximum atomic E-state index is 14.8. The Morgan fingerprint density at radius 1 is 1.10 bits per heavy atom. The van der Waals surface area contributed by atoms with Gasteiger partial charge in [-0.1, -0.05) is 29.8 Å². The van der Waals surface area contributed by atoms with Crippen LogP contribution in [0.4, 0.5) is 9.18 Å². The summed E-state index contributed by atoms with van der Waals surface area (Å²) in [7, 11) is -1.75. The van der Waals surface area contributed by atoms with Gasteiger partial charge in [-0.2, -0.15) is 0 Å². The highest BCUT2D eigenvalue weighted by atomic mass is 35.5. The fourth-order valence-corrected chi connectivity index (χ4v) is 4.86. The molecule has 5 amide bonds. The molecule has 5 N–H and O–H groups in total. The number of carboxylic acid groups (broad SMARTS) is 2. The molecule has 1 fully saturated rings. The molecule has 2 heterocycles. The summed E-state index contributed by atoms with van der Waals surface area (Å²) < 4.78 is 20.2. The minimum Gasteiger partial charge on any atom is -0.534 e. The van der Waals surface area contributed by atoms with E-state index in [2.05, 4.69) is 10.6 Å². The van der Waals surface area contributed by atoms with Crippen LogP contribution in [0.1, 0.15) is 44.8 Å². The summed E-state index contributed by atoms with van der Waals surface area (Å²) in [5.41, 5.74) is -1.09. The highest BCUT2D eigenvalue weighted by molar-refractivity contribution is 6.47. The molecule has 2 aliphatic heterocycles. The van der Waals surface area contributed by atoms with Gasteiger partial charge in [-0.25, -0.2) is 18.8 Å². The van der Waals surface area contributed by atoms with Crippen LogP contribution in [0.25, 0.3) is 0 Å². The summed E-state index contributed by atoms with van der Waals surface area (Å²) in [4.78, 5) is 76.1. The summed E-state index contributed by atoms with van der Waals surface area (Å²) >= 11 is 6.09. The number of urea groups is 1. The first-order valence-corrected chi connectivity index (χ1v) is 12.9. The topological polar surface area (TPSA) is 203 Å². The number of hydrogen-bond donors (Lipinski definition) is 5. The first-order valence-electron chi connectivity index (χ1n) is 12.5. The number of imide groups is 1. The van der Waals surface area contributed by atoms with Gasteiger partial charge in [0, 0.05) is 25.2 Å². The third-order valence-corrected chi connectivity index (χ3v) is 7.18. The molecule has 0 unspecified atom stereocenters. The van der Waals surface area contributed by atoms with E-state index in [1.54, 1.807) is 6.92 Å². The number of nitrogens with zero attached hydrogens (tertiary/aromatic N) is 2. The zero-order valence-corrected chi connectivity index (χ0v) is 22.6. The van der Waals surface area contributed by atoms with Gasteiger partial charge >= 0.3 is 36.9 Å². The molecule has 220 valence electrons. The van der Waals surface area contributed by atoms with Gasteiger partial charge in [0.15, 0.2) is 5.82 Å². The van der Waals surface area contributed by atoms with Crippen molar-refractivity contribution in [3.8, 4) is 5.75 Å². The fourth-order valence-electron chi connectivity index (χ4n) is 4.59. The van der Waals surface area contributed by atoms with Crippen LogP contribution in [-0.2, 0) is 20.8 Å². The van der Waals surface area contributed by atoms with Gasteiger partial charge in [0.1, 0.15) is 11.8 Å². The third kappa shape index (κ3) is 5.71. The van der Waals surface area contributed by atoms with Crippen LogP contribution >= 0.6 is 11.6 Å². The van der Waals surface area contributed by atoms with Crippen molar-refractivity contribution in [3.05, 3.63) is 63.4 Å². The summed E-state index contributed by atoms with van der Waals surface area (Å²) in [5.74, 6) is -8.85. The third-order valence-electron chi connectivity index (χ3n) is 6.80. The lowest BCUT2D eigenvalue weighted by atomic mass is 9.72. The van der Waals surface area contributed by atoms with E-state index in [9.17, 15) is 48.4 Å². The number of para-hydroxylation sites is 1. The van der Waals surface area contributed by atoms with Crippen molar-refractivity contribution in [2.75, 3.05) is 19.6 Å². The second-order valence-electron chi connectivity index (χ2n) is 9.29. The van der Waals surface area contributed by atoms with E-state index in [1.807, 2.05) is 0 Å². The lowest BCUT2D eigenvalue weighted by Crippen LogP contribution is -2.60. The SMILES string of the molecule is CCN1CCN(C(=O)N[C@H](C(=O)N[C@H]2Cc3cccc(C(=O)O)c3OB2O)c2ccc(C(=O)O)c(F)c2Cl)C(=O)C1=O. The summed E-state index contributed by atoms with van der Waals surface area (Å²) in [6, 6.07) is 2.98. The number of rotatable bonds is 7. The van der Waals surface area contributed by atoms with Crippen molar-refractivity contribution < 1.29 is 53.0 Å². The van der Waals surface area contributed by atoms with Crippen LogP contribution in [0.15, 0.2) is 30.3 Å². The zero-order valence-electron chi connectivity index (χ0n) is 21.8. The van der Waals surface area contributed by atoms with Crippen molar-refractivity contribution in [1.29, 1.82) is 0 Å². The van der Waals surface area contributed by atoms with Crippen LogP contribution in [0.3, 0.4) is 0 Å². The van der Waals surface area contributed by atoms with Crippen molar-refractivity contribution in [2.24, 2.45) is 0 Å². The predicted molar refractivity (Wildman–Crippen MR) is 141 cm³/mol.